The highest BCUT2D eigenvalue weighted by Crippen LogP contribution is 2.27. The second-order valence-corrected chi connectivity index (χ2v) is 8.08. The minimum atomic E-state index is -4.06. The maximum Gasteiger partial charge on any atom is 0.246 e. The minimum absolute atomic E-state index is 0.118. The van der Waals surface area contributed by atoms with Crippen molar-refractivity contribution in [3.05, 3.63) is 58.6 Å². The lowest BCUT2D eigenvalue weighted by atomic mass is 10.1. The number of anilines is 1. The fourth-order valence-electron chi connectivity index (χ4n) is 2.87. The number of sulfonamides is 1. The van der Waals surface area contributed by atoms with Gasteiger partial charge in [0, 0.05) is 37.3 Å². The van der Waals surface area contributed by atoms with Crippen LogP contribution in [-0.2, 0) is 10.0 Å². The second kappa shape index (κ2) is 7.19. The maximum absolute atomic E-state index is 13.9. The highest BCUT2D eigenvalue weighted by atomic mass is 35.5. The van der Waals surface area contributed by atoms with Crippen molar-refractivity contribution in [2.24, 2.45) is 0 Å². The molecular formula is C17H14ClF2N3O2S. The van der Waals surface area contributed by atoms with Crippen molar-refractivity contribution in [2.45, 2.75) is 4.90 Å². The molecule has 0 spiro atoms. The Morgan fingerprint density at radius 1 is 1.04 bits per heavy atom. The molecule has 26 heavy (non-hydrogen) atoms. The average molecular weight is 398 g/mol. The van der Waals surface area contributed by atoms with Gasteiger partial charge in [-0.1, -0.05) is 11.6 Å². The molecule has 2 aromatic carbocycles. The van der Waals surface area contributed by atoms with Crippen molar-refractivity contribution >= 4 is 27.3 Å². The van der Waals surface area contributed by atoms with Gasteiger partial charge >= 0.3 is 0 Å². The third kappa shape index (κ3) is 3.51. The number of nitrogens with zero attached hydrogens (tertiary/aromatic N) is 3. The van der Waals surface area contributed by atoms with Crippen LogP contribution in [0.4, 0.5) is 14.5 Å². The Kier molecular flexibility index (Phi) is 5.14. The van der Waals surface area contributed by atoms with E-state index in [2.05, 4.69) is 6.07 Å². The van der Waals surface area contributed by atoms with Crippen LogP contribution in [0.5, 0.6) is 0 Å². The van der Waals surface area contributed by atoms with Crippen molar-refractivity contribution in [2.75, 3.05) is 31.1 Å². The van der Waals surface area contributed by atoms with Crippen LogP contribution in [0.1, 0.15) is 5.56 Å². The van der Waals surface area contributed by atoms with E-state index in [-0.39, 0.29) is 13.1 Å². The first-order valence-corrected chi connectivity index (χ1v) is 9.54. The van der Waals surface area contributed by atoms with E-state index in [1.807, 2.05) is 4.90 Å². The maximum atomic E-state index is 13.9. The van der Waals surface area contributed by atoms with Gasteiger partial charge in [-0.2, -0.15) is 9.57 Å². The van der Waals surface area contributed by atoms with Crippen molar-refractivity contribution < 1.29 is 17.2 Å². The van der Waals surface area contributed by atoms with E-state index in [4.69, 9.17) is 11.6 Å². The number of halogens is 3. The van der Waals surface area contributed by atoms with E-state index in [0.717, 1.165) is 16.4 Å². The third-order valence-corrected chi connectivity index (χ3v) is 6.34. The Balaban J connectivity index is 1.79. The summed E-state index contributed by atoms with van der Waals surface area (Å²) < 4.78 is 53.3. The molecule has 5 nitrogen and oxygen atoms in total. The molecule has 1 aliphatic heterocycles. The van der Waals surface area contributed by atoms with Gasteiger partial charge in [-0.15, -0.1) is 0 Å². The molecule has 1 aliphatic rings. The van der Waals surface area contributed by atoms with Crippen LogP contribution in [0.15, 0.2) is 41.3 Å². The minimum Gasteiger partial charge on any atom is -0.368 e. The molecule has 0 amide bonds. The van der Waals surface area contributed by atoms with E-state index in [1.165, 1.54) is 0 Å². The summed E-state index contributed by atoms with van der Waals surface area (Å²) in [5, 5.41) is 9.69. The summed E-state index contributed by atoms with van der Waals surface area (Å²) in [7, 11) is -4.06. The molecule has 0 N–H and O–H groups in total. The number of nitriles is 1. The van der Waals surface area contributed by atoms with Gasteiger partial charge < -0.3 is 4.90 Å². The fourth-order valence-corrected chi connectivity index (χ4v) is 4.51. The molecule has 0 saturated carbocycles. The fraction of sp³-hybridized carbons (Fsp3) is 0.235. The van der Waals surface area contributed by atoms with Gasteiger partial charge in [0.15, 0.2) is 0 Å². The molecule has 1 fully saturated rings. The van der Waals surface area contributed by atoms with Crippen LogP contribution >= 0.6 is 11.6 Å². The van der Waals surface area contributed by atoms with Crippen molar-refractivity contribution in [3.8, 4) is 6.07 Å². The van der Waals surface area contributed by atoms with Crippen molar-refractivity contribution in [1.29, 1.82) is 5.26 Å². The predicted octanol–water partition coefficient (Wildman–Crippen LogP) is 3.00. The molecule has 0 aliphatic carbocycles. The number of benzene rings is 2. The monoisotopic (exact) mass is 397 g/mol. The Bertz CT molecular complexity index is 984. The standard InChI is InChI=1S/C17H14ClF2N3O2S/c18-13-1-3-16(12(9-13)11-21)22-5-7-23(8-6-22)26(24,25)17-4-2-14(19)10-15(17)20/h1-4,9-10H,5-8H2. The highest BCUT2D eigenvalue weighted by molar-refractivity contribution is 7.89. The van der Waals surface area contributed by atoms with Crippen LogP contribution < -0.4 is 4.90 Å². The quantitative estimate of drug-likeness (QED) is 0.798. The molecule has 0 radical (unpaired) electrons. The Morgan fingerprint density at radius 2 is 1.73 bits per heavy atom. The van der Waals surface area contributed by atoms with Gasteiger partial charge in [0.25, 0.3) is 0 Å². The molecule has 0 bridgehead atoms. The molecule has 1 saturated heterocycles. The summed E-state index contributed by atoms with van der Waals surface area (Å²) in [6.45, 7) is 0.899. The van der Waals surface area contributed by atoms with Crippen LogP contribution in [0, 0.1) is 23.0 Å². The summed E-state index contributed by atoms with van der Waals surface area (Å²) in [6.07, 6.45) is 0. The lowest BCUT2D eigenvalue weighted by Gasteiger charge is -2.35. The zero-order valence-corrected chi connectivity index (χ0v) is 15.1. The lowest BCUT2D eigenvalue weighted by Crippen LogP contribution is -2.49. The zero-order valence-electron chi connectivity index (χ0n) is 13.5. The van der Waals surface area contributed by atoms with E-state index >= 15 is 0 Å². The topological polar surface area (TPSA) is 64.4 Å². The third-order valence-electron chi connectivity index (χ3n) is 4.17. The summed E-state index contributed by atoms with van der Waals surface area (Å²) in [4.78, 5) is 1.33. The Morgan fingerprint density at radius 3 is 2.35 bits per heavy atom. The first-order chi connectivity index (χ1) is 12.3. The Hall–Kier alpha value is -2.21. The van der Waals surface area contributed by atoms with Gasteiger partial charge in [-0.25, -0.2) is 17.2 Å². The molecule has 136 valence electrons. The van der Waals surface area contributed by atoms with Gasteiger partial charge in [0.05, 0.1) is 11.3 Å². The van der Waals surface area contributed by atoms with Crippen LogP contribution in [0.25, 0.3) is 0 Å². The summed E-state index contributed by atoms with van der Waals surface area (Å²) in [5.41, 5.74) is 1.07. The van der Waals surface area contributed by atoms with Gasteiger partial charge in [-0.3, -0.25) is 0 Å². The number of rotatable bonds is 3. The van der Waals surface area contributed by atoms with E-state index in [1.54, 1.807) is 18.2 Å². The summed E-state index contributed by atoms with van der Waals surface area (Å²) >= 11 is 5.89. The van der Waals surface area contributed by atoms with Gasteiger partial charge in [0.1, 0.15) is 22.6 Å². The van der Waals surface area contributed by atoms with Gasteiger partial charge in [0.2, 0.25) is 10.0 Å². The number of hydrogen-bond donors (Lipinski definition) is 0. The predicted molar refractivity (Wildman–Crippen MR) is 93.5 cm³/mol. The van der Waals surface area contributed by atoms with Crippen LogP contribution in [-0.4, -0.2) is 38.9 Å². The van der Waals surface area contributed by atoms with E-state index in [0.29, 0.717) is 35.4 Å². The molecule has 0 atom stereocenters. The summed E-state index contributed by atoms with van der Waals surface area (Å²) in [6, 6.07) is 9.39. The molecule has 1 heterocycles. The highest BCUT2D eigenvalue weighted by Gasteiger charge is 2.31. The normalized spacial score (nSPS) is 15.7. The average Bonchev–Trinajstić information content (AvgIpc) is 2.61. The SMILES string of the molecule is N#Cc1cc(Cl)ccc1N1CCN(S(=O)(=O)c2ccc(F)cc2F)CC1. The zero-order chi connectivity index (χ0) is 18.9. The molecule has 0 aromatic heterocycles. The van der Waals surface area contributed by atoms with Crippen molar-refractivity contribution in [1.82, 2.24) is 4.31 Å². The smallest absolute Gasteiger partial charge is 0.246 e. The van der Waals surface area contributed by atoms with E-state index in [9.17, 15) is 22.5 Å². The molecule has 0 unspecified atom stereocenters. The van der Waals surface area contributed by atoms with Crippen LogP contribution in [0.3, 0.4) is 0 Å². The van der Waals surface area contributed by atoms with Crippen LogP contribution in [0.2, 0.25) is 5.02 Å². The van der Waals surface area contributed by atoms with Gasteiger partial charge in [-0.05, 0) is 30.3 Å². The lowest BCUT2D eigenvalue weighted by molar-refractivity contribution is 0.382. The first-order valence-electron chi connectivity index (χ1n) is 7.73. The van der Waals surface area contributed by atoms with E-state index < -0.39 is 26.6 Å². The molecule has 3 rings (SSSR count). The first kappa shape index (κ1) is 18.6. The second-order valence-electron chi connectivity index (χ2n) is 5.74. The Labute approximate surface area is 155 Å². The number of hydrogen-bond acceptors (Lipinski definition) is 4. The number of piperazine rings is 1. The summed E-state index contributed by atoms with van der Waals surface area (Å²) in [5.74, 6) is -1.95. The molecule has 2 aromatic rings. The van der Waals surface area contributed by atoms with Crippen molar-refractivity contribution in [3.63, 3.8) is 0 Å². The molecular weight excluding hydrogens is 384 g/mol. The largest absolute Gasteiger partial charge is 0.368 e. The molecule has 9 heteroatoms.